The van der Waals surface area contributed by atoms with Crippen molar-refractivity contribution in [2.24, 2.45) is 11.8 Å². The zero-order chi connectivity index (χ0) is 15.1. The van der Waals surface area contributed by atoms with E-state index in [1.807, 2.05) is 0 Å². The summed E-state index contributed by atoms with van der Waals surface area (Å²) in [5.74, 6) is 1.31. The second kappa shape index (κ2) is 8.98. The summed E-state index contributed by atoms with van der Waals surface area (Å²) in [6, 6.07) is 2.11. The minimum atomic E-state index is 0.510. The average molecular weight is 284 g/mol. The smallest absolute Gasteiger partial charge is 0.0216 e. The van der Waals surface area contributed by atoms with Crippen LogP contribution in [0.5, 0.6) is 0 Å². The number of hydrogen-bond donors (Lipinski definition) is 4. The summed E-state index contributed by atoms with van der Waals surface area (Å²) >= 11 is 0. The third-order valence-electron chi connectivity index (χ3n) is 4.35. The Morgan fingerprint density at radius 3 is 1.25 bits per heavy atom. The second-order valence-corrected chi connectivity index (χ2v) is 7.14. The van der Waals surface area contributed by atoms with Crippen molar-refractivity contribution in [1.29, 1.82) is 0 Å². The van der Waals surface area contributed by atoms with Crippen molar-refractivity contribution >= 4 is 0 Å². The van der Waals surface area contributed by atoms with Gasteiger partial charge in [-0.15, -0.1) is 0 Å². The lowest BCUT2D eigenvalue weighted by atomic mass is 10.0. The van der Waals surface area contributed by atoms with Gasteiger partial charge in [0.25, 0.3) is 0 Å². The van der Waals surface area contributed by atoms with E-state index in [4.69, 9.17) is 0 Å². The molecule has 1 aliphatic heterocycles. The van der Waals surface area contributed by atoms with Gasteiger partial charge in [-0.1, -0.05) is 27.7 Å². The molecule has 4 N–H and O–H groups in total. The molecule has 1 aliphatic rings. The van der Waals surface area contributed by atoms with Crippen LogP contribution in [0.2, 0.25) is 0 Å². The summed E-state index contributed by atoms with van der Waals surface area (Å²) in [6.45, 7) is 17.9. The molecule has 1 fully saturated rings. The van der Waals surface area contributed by atoms with Gasteiger partial charge in [0.1, 0.15) is 0 Å². The van der Waals surface area contributed by atoms with E-state index < -0.39 is 0 Å². The summed E-state index contributed by atoms with van der Waals surface area (Å²) in [5.41, 5.74) is 0. The Bertz CT molecular complexity index is 213. The molecule has 4 nitrogen and oxygen atoms in total. The molecular formula is C16H36N4. The Labute approximate surface area is 125 Å². The first-order chi connectivity index (χ1) is 9.40. The molecule has 0 unspecified atom stereocenters. The standard InChI is InChI=1S/C16H36N4/c1-11(2)15-9-17-14(6)8-20-16(12(3)4)10-18-13(5)7-19-15/h11-20H,7-10H2,1-6H3/t13-,14-,15+,16+/m0/s1. The first-order valence-corrected chi connectivity index (χ1v) is 8.33. The second-order valence-electron chi connectivity index (χ2n) is 7.14. The highest BCUT2D eigenvalue weighted by atomic mass is 15.1. The summed E-state index contributed by atoms with van der Waals surface area (Å²) < 4.78 is 0. The van der Waals surface area contributed by atoms with Gasteiger partial charge in [-0.2, -0.15) is 0 Å². The molecule has 0 aromatic heterocycles. The van der Waals surface area contributed by atoms with Crippen molar-refractivity contribution in [2.75, 3.05) is 26.2 Å². The van der Waals surface area contributed by atoms with Crippen molar-refractivity contribution in [3.63, 3.8) is 0 Å². The third-order valence-corrected chi connectivity index (χ3v) is 4.35. The fourth-order valence-electron chi connectivity index (χ4n) is 2.54. The van der Waals surface area contributed by atoms with Gasteiger partial charge in [-0.25, -0.2) is 0 Å². The Hall–Kier alpha value is -0.160. The van der Waals surface area contributed by atoms with E-state index in [2.05, 4.69) is 62.8 Å². The first kappa shape index (κ1) is 17.9. The molecular weight excluding hydrogens is 248 g/mol. The van der Waals surface area contributed by atoms with Crippen LogP contribution in [0, 0.1) is 11.8 Å². The van der Waals surface area contributed by atoms with Gasteiger partial charge >= 0.3 is 0 Å². The lowest BCUT2D eigenvalue weighted by Crippen LogP contribution is -2.54. The summed E-state index contributed by atoms with van der Waals surface area (Å²) in [7, 11) is 0. The molecule has 1 saturated heterocycles. The molecule has 0 aliphatic carbocycles. The molecule has 0 aromatic rings. The fourth-order valence-corrected chi connectivity index (χ4v) is 2.54. The highest BCUT2D eigenvalue weighted by molar-refractivity contribution is 4.82. The minimum absolute atomic E-state index is 0.510. The van der Waals surface area contributed by atoms with Crippen LogP contribution >= 0.6 is 0 Å². The SMILES string of the molecule is CC(C)[C@H]1CN[C@@H](C)CN[C@@H](C(C)C)CN[C@@H](C)CN1. The Balaban J connectivity index is 2.59. The molecule has 4 heteroatoms. The number of rotatable bonds is 2. The Morgan fingerprint density at radius 1 is 0.600 bits per heavy atom. The van der Waals surface area contributed by atoms with Crippen LogP contribution in [0.25, 0.3) is 0 Å². The maximum absolute atomic E-state index is 3.71. The van der Waals surface area contributed by atoms with E-state index in [1.54, 1.807) is 0 Å². The van der Waals surface area contributed by atoms with Crippen molar-refractivity contribution in [3.05, 3.63) is 0 Å². The lowest BCUT2D eigenvalue weighted by molar-refractivity contribution is 0.304. The van der Waals surface area contributed by atoms with Crippen LogP contribution in [0.1, 0.15) is 41.5 Å². The van der Waals surface area contributed by atoms with E-state index in [1.165, 1.54) is 0 Å². The minimum Gasteiger partial charge on any atom is -0.311 e. The van der Waals surface area contributed by atoms with Crippen molar-refractivity contribution in [2.45, 2.75) is 65.7 Å². The topological polar surface area (TPSA) is 48.1 Å². The maximum Gasteiger partial charge on any atom is 0.0216 e. The molecule has 0 bridgehead atoms. The highest BCUT2D eigenvalue weighted by Gasteiger charge is 2.19. The quantitative estimate of drug-likeness (QED) is 0.615. The van der Waals surface area contributed by atoms with Gasteiger partial charge in [-0.3, -0.25) is 0 Å². The molecule has 20 heavy (non-hydrogen) atoms. The third kappa shape index (κ3) is 6.53. The number of hydrogen-bond acceptors (Lipinski definition) is 4. The predicted octanol–water partition coefficient (Wildman–Crippen LogP) is 1.18. The first-order valence-electron chi connectivity index (χ1n) is 8.33. The number of nitrogens with one attached hydrogen (secondary N) is 4. The molecule has 0 radical (unpaired) electrons. The van der Waals surface area contributed by atoms with Crippen LogP contribution < -0.4 is 21.3 Å². The van der Waals surface area contributed by atoms with Gasteiger partial charge < -0.3 is 21.3 Å². The monoisotopic (exact) mass is 284 g/mol. The molecule has 0 spiro atoms. The zero-order valence-electron chi connectivity index (χ0n) is 14.3. The molecule has 0 amide bonds. The van der Waals surface area contributed by atoms with Crippen LogP contribution in [-0.2, 0) is 0 Å². The van der Waals surface area contributed by atoms with Crippen molar-refractivity contribution in [1.82, 2.24) is 21.3 Å². The van der Waals surface area contributed by atoms with E-state index >= 15 is 0 Å². The Morgan fingerprint density at radius 2 is 0.950 bits per heavy atom. The van der Waals surface area contributed by atoms with Gasteiger partial charge in [-0.05, 0) is 25.7 Å². The Kier molecular flexibility index (Phi) is 8.03. The van der Waals surface area contributed by atoms with Gasteiger partial charge in [0, 0.05) is 50.3 Å². The van der Waals surface area contributed by atoms with Crippen LogP contribution in [0.15, 0.2) is 0 Å². The van der Waals surface area contributed by atoms with Crippen molar-refractivity contribution in [3.8, 4) is 0 Å². The van der Waals surface area contributed by atoms with E-state index in [0.717, 1.165) is 26.2 Å². The molecule has 0 aromatic carbocycles. The van der Waals surface area contributed by atoms with Crippen LogP contribution in [-0.4, -0.2) is 50.3 Å². The zero-order valence-corrected chi connectivity index (χ0v) is 14.3. The van der Waals surface area contributed by atoms with E-state index in [-0.39, 0.29) is 0 Å². The molecule has 0 saturated carbocycles. The average Bonchev–Trinajstić information content (AvgIpc) is 2.36. The molecule has 1 heterocycles. The predicted molar refractivity (Wildman–Crippen MR) is 88.2 cm³/mol. The molecule has 1 rings (SSSR count). The fraction of sp³-hybridized carbons (Fsp3) is 1.00. The summed E-state index contributed by atoms with van der Waals surface area (Å²) in [5, 5.41) is 14.7. The maximum atomic E-state index is 3.71. The molecule has 4 atom stereocenters. The van der Waals surface area contributed by atoms with Gasteiger partial charge in [0.15, 0.2) is 0 Å². The highest BCUT2D eigenvalue weighted by Crippen LogP contribution is 2.04. The van der Waals surface area contributed by atoms with Crippen LogP contribution in [0.3, 0.4) is 0 Å². The normalized spacial score (nSPS) is 34.8. The molecule has 120 valence electrons. The van der Waals surface area contributed by atoms with Crippen LogP contribution in [0.4, 0.5) is 0 Å². The van der Waals surface area contributed by atoms with E-state index in [9.17, 15) is 0 Å². The summed E-state index contributed by atoms with van der Waals surface area (Å²) in [4.78, 5) is 0. The summed E-state index contributed by atoms with van der Waals surface area (Å²) in [6.07, 6.45) is 0. The lowest BCUT2D eigenvalue weighted by Gasteiger charge is -2.31. The largest absolute Gasteiger partial charge is 0.311 e. The van der Waals surface area contributed by atoms with E-state index in [0.29, 0.717) is 36.0 Å². The van der Waals surface area contributed by atoms with Gasteiger partial charge in [0.05, 0.1) is 0 Å². The van der Waals surface area contributed by atoms with Crippen molar-refractivity contribution < 1.29 is 0 Å². The van der Waals surface area contributed by atoms with Gasteiger partial charge in [0.2, 0.25) is 0 Å².